The summed E-state index contributed by atoms with van der Waals surface area (Å²) in [6, 6.07) is 0.152. The van der Waals surface area contributed by atoms with E-state index in [2.05, 4.69) is 0 Å². The first-order valence-corrected chi connectivity index (χ1v) is 5.61. The van der Waals surface area contributed by atoms with Gasteiger partial charge in [0.2, 0.25) is 0 Å². The van der Waals surface area contributed by atoms with Crippen LogP contribution in [0.15, 0.2) is 0 Å². The van der Waals surface area contributed by atoms with Gasteiger partial charge in [-0.2, -0.15) is 0 Å². The highest BCUT2D eigenvalue weighted by molar-refractivity contribution is 5.73. The summed E-state index contributed by atoms with van der Waals surface area (Å²) in [7, 11) is 3.76. The lowest BCUT2D eigenvalue weighted by atomic mass is 10.1. The van der Waals surface area contributed by atoms with Crippen LogP contribution in [0, 0.1) is 5.92 Å². The van der Waals surface area contributed by atoms with Crippen LogP contribution in [0.3, 0.4) is 0 Å². The van der Waals surface area contributed by atoms with E-state index in [4.69, 9.17) is 0 Å². The molecule has 2 amide bonds. The van der Waals surface area contributed by atoms with E-state index in [1.54, 1.807) is 4.90 Å². The van der Waals surface area contributed by atoms with Gasteiger partial charge in [0.15, 0.2) is 0 Å². The highest BCUT2D eigenvalue weighted by atomic mass is 16.2. The lowest BCUT2D eigenvalue weighted by molar-refractivity contribution is 0.168. The number of hydrogen-bond acceptors (Lipinski definition) is 1. The standard InChI is InChI=1S/C11H22N2O/c1-4-12(2)11(14)13(3)9-10-7-5-6-8-10/h10H,4-9H2,1-3H3. The maximum absolute atomic E-state index is 11.7. The molecule has 0 heterocycles. The zero-order chi connectivity index (χ0) is 10.6. The van der Waals surface area contributed by atoms with Crippen molar-refractivity contribution in [1.29, 1.82) is 0 Å². The lowest BCUT2D eigenvalue weighted by Crippen LogP contribution is -2.40. The van der Waals surface area contributed by atoms with Gasteiger partial charge in [-0.25, -0.2) is 4.79 Å². The number of amides is 2. The zero-order valence-corrected chi connectivity index (χ0v) is 9.62. The Balaban J connectivity index is 2.32. The zero-order valence-electron chi connectivity index (χ0n) is 9.62. The highest BCUT2D eigenvalue weighted by Gasteiger charge is 2.20. The van der Waals surface area contributed by atoms with Crippen molar-refractivity contribution in [1.82, 2.24) is 9.80 Å². The largest absolute Gasteiger partial charge is 0.328 e. The van der Waals surface area contributed by atoms with Crippen LogP contribution in [-0.4, -0.2) is 43.0 Å². The summed E-state index contributed by atoms with van der Waals surface area (Å²) in [4.78, 5) is 15.3. The average molecular weight is 198 g/mol. The first-order valence-electron chi connectivity index (χ1n) is 5.61. The van der Waals surface area contributed by atoms with Crippen LogP contribution >= 0.6 is 0 Å². The molecule has 3 heteroatoms. The van der Waals surface area contributed by atoms with Crippen molar-refractivity contribution in [3.8, 4) is 0 Å². The fraction of sp³-hybridized carbons (Fsp3) is 0.909. The molecule has 0 N–H and O–H groups in total. The molecule has 1 aliphatic carbocycles. The number of nitrogens with zero attached hydrogens (tertiary/aromatic N) is 2. The minimum Gasteiger partial charge on any atom is -0.328 e. The van der Waals surface area contributed by atoms with Crippen LogP contribution in [0.1, 0.15) is 32.6 Å². The molecule has 1 rings (SSSR count). The van der Waals surface area contributed by atoms with Gasteiger partial charge in [-0.1, -0.05) is 12.8 Å². The molecule has 14 heavy (non-hydrogen) atoms. The van der Waals surface area contributed by atoms with Crippen molar-refractivity contribution in [2.75, 3.05) is 27.2 Å². The van der Waals surface area contributed by atoms with Gasteiger partial charge in [0.05, 0.1) is 0 Å². The molecule has 3 nitrogen and oxygen atoms in total. The minimum absolute atomic E-state index is 0.152. The third-order valence-corrected chi connectivity index (χ3v) is 3.13. The van der Waals surface area contributed by atoms with Gasteiger partial charge in [0.25, 0.3) is 0 Å². The Labute approximate surface area is 87.1 Å². The molecular formula is C11H22N2O. The smallest absolute Gasteiger partial charge is 0.319 e. The summed E-state index contributed by atoms with van der Waals surface area (Å²) in [5, 5.41) is 0. The first-order chi connectivity index (χ1) is 6.65. The normalized spacial score (nSPS) is 17.1. The Morgan fingerprint density at radius 3 is 2.29 bits per heavy atom. The Hall–Kier alpha value is -0.730. The SMILES string of the molecule is CCN(C)C(=O)N(C)CC1CCCC1. The number of carbonyl (C=O) groups is 1. The van der Waals surface area contributed by atoms with Crippen LogP contribution < -0.4 is 0 Å². The minimum atomic E-state index is 0.152. The van der Waals surface area contributed by atoms with Crippen molar-refractivity contribution < 1.29 is 4.79 Å². The highest BCUT2D eigenvalue weighted by Crippen LogP contribution is 2.25. The summed E-state index contributed by atoms with van der Waals surface area (Å²) in [6.07, 6.45) is 5.29. The number of urea groups is 1. The molecule has 0 spiro atoms. The third kappa shape index (κ3) is 2.89. The fourth-order valence-electron chi connectivity index (χ4n) is 2.09. The van der Waals surface area contributed by atoms with Gasteiger partial charge >= 0.3 is 6.03 Å². The second-order valence-corrected chi connectivity index (χ2v) is 4.33. The second kappa shape index (κ2) is 5.23. The Kier molecular flexibility index (Phi) is 4.23. The van der Waals surface area contributed by atoms with Crippen LogP contribution in [0.25, 0.3) is 0 Å². The number of hydrogen-bond donors (Lipinski definition) is 0. The van der Waals surface area contributed by atoms with E-state index >= 15 is 0 Å². The number of carbonyl (C=O) groups excluding carboxylic acids is 1. The molecule has 0 atom stereocenters. The average Bonchev–Trinajstić information content (AvgIpc) is 2.68. The molecule has 0 aliphatic heterocycles. The van der Waals surface area contributed by atoms with Crippen molar-refractivity contribution in [3.05, 3.63) is 0 Å². The molecule has 1 aliphatic rings. The van der Waals surface area contributed by atoms with Gasteiger partial charge in [0.1, 0.15) is 0 Å². The molecule has 0 aromatic heterocycles. The molecular weight excluding hydrogens is 176 g/mol. The summed E-state index contributed by atoms with van der Waals surface area (Å²) < 4.78 is 0. The first kappa shape index (κ1) is 11.3. The van der Waals surface area contributed by atoms with E-state index in [0.717, 1.165) is 19.0 Å². The third-order valence-electron chi connectivity index (χ3n) is 3.13. The van der Waals surface area contributed by atoms with E-state index in [1.165, 1.54) is 25.7 Å². The van der Waals surface area contributed by atoms with E-state index < -0.39 is 0 Å². The monoisotopic (exact) mass is 198 g/mol. The van der Waals surface area contributed by atoms with E-state index in [1.807, 2.05) is 25.9 Å². The predicted molar refractivity (Wildman–Crippen MR) is 58.3 cm³/mol. The molecule has 0 saturated heterocycles. The second-order valence-electron chi connectivity index (χ2n) is 4.33. The van der Waals surface area contributed by atoms with Crippen molar-refractivity contribution in [2.45, 2.75) is 32.6 Å². The molecule has 0 aromatic rings. The predicted octanol–water partition coefficient (Wildman–Crippen LogP) is 2.18. The molecule has 0 bridgehead atoms. The molecule has 1 fully saturated rings. The van der Waals surface area contributed by atoms with E-state index in [9.17, 15) is 4.79 Å². The van der Waals surface area contributed by atoms with E-state index in [0.29, 0.717) is 0 Å². The Morgan fingerprint density at radius 2 is 1.79 bits per heavy atom. The number of rotatable bonds is 3. The topological polar surface area (TPSA) is 23.6 Å². The van der Waals surface area contributed by atoms with Gasteiger partial charge in [-0.15, -0.1) is 0 Å². The molecule has 0 aromatic carbocycles. The van der Waals surface area contributed by atoms with Crippen molar-refractivity contribution in [3.63, 3.8) is 0 Å². The van der Waals surface area contributed by atoms with Crippen molar-refractivity contribution in [2.24, 2.45) is 5.92 Å². The fourth-order valence-corrected chi connectivity index (χ4v) is 2.09. The van der Waals surface area contributed by atoms with Crippen molar-refractivity contribution >= 4 is 6.03 Å². The molecule has 82 valence electrons. The van der Waals surface area contributed by atoms with Crippen LogP contribution in [0.4, 0.5) is 4.79 Å². The van der Waals surface area contributed by atoms with Gasteiger partial charge in [-0.05, 0) is 25.7 Å². The summed E-state index contributed by atoms with van der Waals surface area (Å²) in [6.45, 7) is 3.72. The van der Waals surface area contributed by atoms with Crippen LogP contribution in [-0.2, 0) is 0 Å². The quantitative estimate of drug-likeness (QED) is 0.682. The Morgan fingerprint density at radius 1 is 1.21 bits per heavy atom. The molecule has 1 saturated carbocycles. The van der Waals surface area contributed by atoms with Gasteiger partial charge in [0, 0.05) is 27.2 Å². The van der Waals surface area contributed by atoms with Gasteiger partial charge in [-0.3, -0.25) is 0 Å². The van der Waals surface area contributed by atoms with E-state index in [-0.39, 0.29) is 6.03 Å². The lowest BCUT2D eigenvalue weighted by Gasteiger charge is -2.26. The maximum Gasteiger partial charge on any atom is 0.319 e. The Bertz CT molecular complexity index is 188. The molecule has 0 unspecified atom stereocenters. The van der Waals surface area contributed by atoms with Crippen LogP contribution in [0.2, 0.25) is 0 Å². The van der Waals surface area contributed by atoms with Gasteiger partial charge < -0.3 is 9.80 Å². The summed E-state index contributed by atoms with van der Waals surface area (Å²) >= 11 is 0. The maximum atomic E-state index is 11.7. The summed E-state index contributed by atoms with van der Waals surface area (Å²) in [5.41, 5.74) is 0. The summed E-state index contributed by atoms with van der Waals surface area (Å²) in [5.74, 6) is 0.745. The molecule has 0 radical (unpaired) electrons. The van der Waals surface area contributed by atoms with Crippen LogP contribution in [0.5, 0.6) is 0 Å².